The van der Waals surface area contributed by atoms with Crippen molar-refractivity contribution in [2.45, 2.75) is 20.0 Å². The number of hydrogen-bond acceptors (Lipinski definition) is 3. The molecule has 17 heavy (non-hydrogen) atoms. The second kappa shape index (κ2) is 6.12. The van der Waals surface area contributed by atoms with Crippen LogP contribution in [0.1, 0.15) is 12.5 Å². The normalized spacial score (nSPS) is 10.4. The first-order valence-corrected chi connectivity index (χ1v) is 4.92. The molecule has 1 aromatic carbocycles. The lowest BCUT2D eigenvalue weighted by molar-refractivity contribution is -0.142. The molecule has 6 heteroatoms. The van der Waals surface area contributed by atoms with E-state index in [9.17, 15) is 18.0 Å². The van der Waals surface area contributed by atoms with Crippen molar-refractivity contribution in [3.8, 4) is 5.75 Å². The Bertz CT molecular complexity index is 394. The quantitative estimate of drug-likeness (QED) is 0.751. The van der Waals surface area contributed by atoms with Crippen LogP contribution >= 0.6 is 0 Å². The van der Waals surface area contributed by atoms with Crippen molar-refractivity contribution in [2.24, 2.45) is 0 Å². The van der Waals surface area contributed by atoms with Crippen molar-refractivity contribution < 1.29 is 27.4 Å². The zero-order valence-corrected chi connectivity index (χ0v) is 9.08. The number of esters is 1. The second-order valence-corrected chi connectivity index (χ2v) is 3.09. The fraction of sp³-hybridized carbons (Fsp3) is 0.364. The molecule has 0 aliphatic heterocycles. The zero-order valence-electron chi connectivity index (χ0n) is 9.08. The van der Waals surface area contributed by atoms with Crippen LogP contribution in [0.25, 0.3) is 0 Å². The lowest BCUT2D eigenvalue weighted by atomic mass is 10.1. The lowest BCUT2D eigenvalue weighted by Gasteiger charge is -2.08. The van der Waals surface area contributed by atoms with E-state index in [1.54, 1.807) is 6.92 Å². The van der Waals surface area contributed by atoms with Gasteiger partial charge in [0.1, 0.15) is 0 Å². The summed E-state index contributed by atoms with van der Waals surface area (Å²) in [6.45, 7) is -1.32. The standard InChI is InChI=1S/C11H11F3O3/c1-2-16-9(15)6-7-4-3-5-8(10(7)12)17-11(13)14/h3-5,11H,2,6H2,1H3. The number of alkyl halides is 2. The molecule has 0 atom stereocenters. The summed E-state index contributed by atoms with van der Waals surface area (Å²) >= 11 is 0. The molecule has 0 N–H and O–H groups in total. The fourth-order valence-corrected chi connectivity index (χ4v) is 1.25. The fourth-order valence-electron chi connectivity index (χ4n) is 1.25. The molecule has 1 aromatic rings. The molecule has 0 aliphatic carbocycles. The van der Waals surface area contributed by atoms with E-state index in [0.29, 0.717) is 0 Å². The molecule has 0 heterocycles. The first-order chi connectivity index (χ1) is 8.04. The summed E-state index contributed by atoms with van der Waals surface area (Å²) in [5.41, 5.74) is -0.0402. The van der Waals surface area contributed by atoms with Gasteiger partial charge in [0.2, 0.25) is 0 Å². The second-order valence-electron chi connectivity index (χ2n) is 3.09. The van der Waals surface area contributed by atoms with Crippen LogP contribution in [-0.4, -0.2) is 19.2 Å². The predicted molar refractivity (Wildman–Crippen MR) is 53.4 cm³/mol. The molecule has 94 valence electrons. The van der Waals surface area contributed by atoms with Crippen LogP contribution in [0.2, 0.25) is 0 Å². The smallest absolute Gasteiger partial charge is 0.387 e. The van der Waals surface area contributed by atoms with E-state index in [0.717, 1.165) is 6.07 Å². The highest BCUT2D eigenvalue weighted by Gasteiger charge is 2.15. The minimum absolute atomic E-state index is 0.0402. The summed E-state index contributed by atoms with van der Waals surface area (Å²) in [6, 6.07) is 3.70. The maximum Gasteiger partial charge on any atom is 0.387 e. The van der Waals surface area contributed by atoms with Gasteiger partial charge in [0.15, 0.2) is 11.6 Å². The average molecular weight is 248 g/mol. The van der Waals surface area contributed by atoms with E-state index in [1.807, 2.05) is 0 Å². The number of hydrogen-bond donors (Lipinski definition) is 0. The molecule has 1 rings (SSSR count). The average Bonchev–Trinajstić information content (AvgIpc) is 2.23. The van der Waals surface area contributed by atoms with Crippen molar-refractivity contribution in [2.75, 3.05) is 6.61 Å². The van der Waals surface area contributed by atoms with Gasteiger partial charge in [-0.3, -0.25) is 4.79 Å². The summed E-state index contributed by atoms with van der Waals surface area (Å²) in [4.78, 5) is 11.1. The maximum atomic E-state index is 13.6. The monoisotopic (exact) mass is 248 g/mol. The van der Waals surface area contributed by atoms with Crippen LogP contribution in [0.3, 0.4) is 0 Å². The summed E-state index contributed by atoms with van der Waals surface area (Å²) in [5, 5.41) is 0. The molecule has 3 nitrogen and oxygen atoms in total. The third-order valence-electron chi connectivity index (χ3n) is 1.90. The SMILES string of the molecule is CCOC(=O)Cc1cccc(OC(F)F)c1F. The van der Waals surface area contributed by atoms with Crippen LogP contribution in [0.15, 0.2) is 18.2 Å². The topological polar surface area (TPSA) is 35.5 Å². The number of ether oxygens (including phenoxy) is 2. The summed E-state index contributed by atoms with van der Waals surface area (Å²) in [6.07, 6.45) is -0.319. The maximum absolute atomic E-state index is 13.6. The zero-order chi connectivity index (χ0) is 12.8. The van der Waals surface area contributed by atoms with Gasteiger partial charge in [0.25, 0.3) is 0 Å². The van der Waals surface area contributed by atoms with Gasteiger partial charge in [-0.25, -0.2) is 4.39 Å². The number of benzene rings is 1. The van der Waals surface area contributed by atoms with Crippen LogP contribution in [0, 0.1) is 5.82 Å². The molecule has 0 bridgehead atoms. The molecule has 0 radical (unpaired) electrons. The minimum Gasteiger partial charge on any atom is -0.466 e. The van der Waals surface area contributed by atoms with E-state index < -0.39 is 24.1 Å². The van der Waals surface area contributed by atoms with Gasteiger partial charge in [-0.05, 0) is 13.0 Å². The molecular weight excluding hydrogens is 237 g/mol. The van der Waals surface area contributed by atoms with Gasteiger partial charge >= 0.3 is 12.6 Å². The van der Waals surface area contributed by atoms with E-state index in [-0.39, 0.29) is 18.6 Å². The highest BCUT2D eigenvalue weighted by atomic mass is 19.3. The van der Waals surface area contributed by atoms with E-state index >= 15 is 0 Å². The van der Waals surface area contributed by atoms with Crippen molar-refractivity contribution in [3.63, 3.8) is 0 Å². The lowest BCUT2D eigenvalue weighted by Crippen LogP contribution is -2.10. The van der Waals surface area contributed by atoms with Gasteiger partial charge in [-0.15, -0.1) is 0 Å². The Kier molecular flexibility index (Phi) is 4.81. The van der Waals surface area contributed by atoms with Gasteiger partial charge in [0, 0.05) is 5.56 Å². The van der Waals surface area contributed by atoms with Crippen molar-refractivity contribution in [1.29, 1.82) is 0 Å². The van der Waals surface area contributed by atoms with Crippen molar-refractivity contribution >= 4 is 5.97 Å². The predicted octanol–water partition coefficient (Wildman–Crippen LogP) is 2.53. The van der Waals surface area contributed by atoms with E-state index in [4.69, 9.17) is 0 Å². The minimum atomic E-state index is -3.11. The van der Waals surface area contributed by atoms with Gasteiger partial charge in [-0.2, -0.15) is 8.78 Å². The molecule has 0 spiro atoms. The Morgan fingerprint density at radius 3 is 2.71 bits per heavy atom. The number of carbonyl (C=O) groups is 1. The van der Waals surface area contributed by atoms with Crippen LogP contribution in [-0.2, 0) is 16.0 Å². The molecule has 0 aliphatic rings. The van der Waals surface area contributed by atoms with E-state index in [1.165, 1.54) is 12.1 Å². The van der Waals surface area contributed by atoms with Crippen LogP contribution < -0.4 is 4.74 Å². The number of carbonyl (C=O) groups excluding carboxylic acids is 1. The molecule has 0 unspecified atom stereocenters. The first kappa shape index (κ1) is 13.3. The van der Waals surface area contributed by atoms with E-state index in [2.05, 4.69) is 9.47 Å². The van der Waals surface area contributed by atoms with Crippen molar-refractivity contribution in [3.05, 3.63) is 29.6 Å². The Balaban J connectivity index is 2.82. The Labute approximate surface area is 96.1 Å². The molecular formula is C11H11F3O3. The highest BCUT2D eigenvalue weighted by Crippen LogP contribution is 2.22. The van der Waals surface area contributed by atoms with Gasteiger partial charge in [-0.1, -0.05) is 12.1 Å². The van der Waals surface area contributed by atoms with Crippen LogP contribution in [0.4, 0.5) is 13.2 Å². The number of halogens is 3. The molecule has 0 aromatic heterocycles. The molecule has 0 saturated carbocycles. The first-order valence-electron chi connectivity index (χ1n) is 4.92. The van der Waals surface area contributed by atoms with Gasteiger partial charge < -0.3 is 9.47 Å². The summed E-state index contributed by atoms with van der Waals surface area (Å²) < 4.78 is 46.0. The summed E-state index contributed by atoms with van der Waals surface area (Å²) in [5.74, 6) is -2.18. The number of rotatable bonds is 5. The van der Waals surface area contributed by atoms with Crippen molar-refractivity contribution in [1.82, 2.24) is 0 Å². The third kappa shape index (κ3) is 3.97. The Morgan fingerprint density at radius 1 is 1.41 bits per heavy atom. The van der Waals surface area contributed by atoms with Gasteiger partial charge in [0.05, 0.1) is 13.0 Å². The summed E-state index contributed by atoms with van der Waals surface area (Å²) in [7, 11) is 0. The Hall–Kier alpha value is -1.72. The molecule has 0 amide bonds. The molecule has 0 fully saturated rings. The highest BCUT2D eigenvalue weighted by molar-refractivity contribution is 5.72. The Morgan fingerprint density at radius 2 is 2.12 bits per heavy atom. The molecule has 0 saturated heterocycles. The largest absolute Gasteiger partial charge is 0.466 e. The van der Waals surface area contributed by atoms with Crippen LogP contribution in [0.5, 0.6) is 5.75 Å². The third-order valence-corrected chi connectivity index (χ3v) is 1.90.